The van der Waals surface area contributed by atoms with Crippen LogP contribution in [-0.2, 0) is 20.9 Å². The van der Waals surface area contributed by atoms with E-state index in [9.17, 15) is 20.0 Å². The van der Waals surface area contributed by atoms with Gasteiger partial charge in [-0.25, -0.2) is 4.79 Å². The van der Waals surface area contributed by atoms with E-state index in [1.165, 1.54) is 21.1 Å². The number of ether oxygens (including phenoxy) is 5. The molecule has 56 heavy (non-hydrogen) atoms. The quantitative estimate of drug-likeness (QED) is 0.102. The van der Waals surface area contributed by atoms with Crippen LogP contribution >= 0.6 is 0 Å². The number of hydrogen-bond donors (Lipinski definition) is 1. The minimum Gasteiger partial charge on any atom is -0.496 e. The number of carbonyl (C=O) groups is 2. The van der Waals surface area contributed by atoms with Crippen molar-refractivity contribution >= 4 is 12.1 Å². The zero-order valence-electron chi connectivity index (χ0n) is 31.9. The molecule has 3 aliphatic heterocycles. The molecule has 0 aromatic heterocycles. The van der Waals surface area contributed by atoms with Crippen molar-refractivity contribution in [2.75, 3.05) is 27.4 Å². The highest BCUT2D eigenvalue weighted by molar-refractivity contribution is 5.79. The molecule has 2 saturated heterocycles. The largest absolute Gasteiger partial charge is 0.496 e. The Hall–Kier alpha value is -5.67. The highest BCUT2D eigenvalue weighted by Gasteiger charge is 2.63. The van der Waals surface area contributed by atoms with Gasteiger partial charge in [0.25, 0.3) is 0 Å². The Labute approximate surface area is 326 Å². The molecule has 8 rings (SSSR count). The molecule has 4 aliphatic rings. The van der Waals surface area contributed by atoms with E-state index in [-0.39, 0.29) is 43.2 Å². The maximum absolute atomic E-state index is 14.6. The first-order valence-corrected chi connectivity index (χ1v) is 18.9. The number of rotatable bonds is 10. The molecular weight excluding hydrogens is 711 g/mol. The van der Waals surface area contributed by atoms with Gasteiger partial charge in [-0.3, -0.25) is 14.6 Å². The number of aliphatic hydroxyl groups is 1. The summed E-state index contributed by atoms with van der Waals surface area (Å²) in [5.41, 5.74) is 6.70. The summed E-state index contributed by atoms with van der Waals surface area (Å²) in [6, 6.07) is 24.8. The second-order valence-electron chi connectivity index (χ2n) is 14.8. The number of aliphatic hydroxyl groups excluding tert-OH is 1. The molecule has 0 radical (unpaired) electrons. The van der Waals surface area contributed by atoms with Gasteiger partial charge in [0.05, 0.1) is 57.7 Å². The first-order chi connectivity index (χ1) is 27.2. The highest BCUT2D eigenvalue weighted by atomic mass is 16.6. The molecule has 288 valence electrons. The molecule has 11 heteroatoms. The Morgan fingerprint density at radius 2 is 1.54 bits per heavy atom. The standard InChI is InChI=1S/C45H45N3O8/c1-6-28-20-34-35(21-46)47-36(24-54-22-27-14-8-7-9-15-27)37-38(42(52-4)25(2)43(53-5)44(37)56-26(3)49)41(50)40(47)39(28)48(34)45(51)55-23-33-31-18-12-10-16-29(31)30-17-11-13-19-32(30)33/h6-19,28,33-36,39-41,50H,1,20,22-24H2,2-5H3. The van der Waals surface area contributed by atoms with Gasteiger partial charge in [-0.15, -0.1) is 6.58 Å². The first kappa shape index (κ1) is 37.3. The monoisotopic (exact) mass is 755 g/mol. The van der Waals surface area contributed by atoms with Gasteiger partial charge in [-0.2, -0.15) is 5.26 Å². The van der Waals surface area contributed by atoms with Crippen LogP contribution < -0.4 is 14.2 Å². The number of benzene rings is 4. The van der Waals surface area contributed by atoms with Crippen molar-refractivity contribution in [1.82, 2.24) is 9.80 Å². The summed E-state index contributed by atoms with van der Waals surface area (Å²) in [5.74, 6) is -0.280. The predicted molar refractivity (Wildman–Crippen MR) is 207 cm³/mol. The third-order valence-electron chi connectivity index (χ3n) is 12.0. The number of fused-ring (bicyclic) bond motifs is 8. The fourth-order valence-electron chi connectivity index (χ4n) is 9.86. The van der Waals surface area contributed by atoms with Gasteiger partial charge in [-0.05, 0) is 41.2 Å². The van der Waals surface area contributed by atoms with Gasteiger partial charge in [0, 0.05) is 35.4 Å². The lowest BCUT2D eigenvalue weighted by atomic mass is 9.77. The molecule has 11 nitrogen and oxygen atoms in total. The molecular formula is C45H45N3O8. The van der Waals surface area contributed by atoms with E-state index >= 15 is 0 Å². The summed E-state index contributed by atoms with van der Waals surface area (Å²) in [6.45, 7) is 7.64. The SMILES string of the molecule is C=CC1CC2C(C#N)N3C(COCc4ccccc4)c4c(OC(C)=O)c(OC)c(C)c(OC)c4C(O)C3C1N2C(=O)OCC1c2ccccc2-c2ccccc21. The molecule has 4 aromatic rings. The number of hydrogen-bond acceptors (Lipinski definition) is 10. The fourth-order valence-corrected chi connectivity index (χ4v) is 9.86. The van der Waals surface area contributed by atoms with E-state index in [2.05, 4.69) is 36.9 Å². The van der Waals surface area contributed by atoms with E-state index in [0.29, 0.717) is 28.9 Å². The second kappa shape index (κ2) is 15.1. The summed E-state index contributed by atoms with van der Waals surface area (Å²) in [6.07, 6.45) is 0.367. The van der Waals surface area contributed by atoms with Crippen molar-refractivity contribution in [3.05, 3.63) is 125 Å². The van der Waals surface area contributed by atoms with Gasteiger partial charge in [-0.1, -0.05) is 84.9 Å². The topological polar surface area (TPSA) is 131 Å². The summed E-state index contributed by atoms with van der Waals surface area (Å²) >= 11 is 0. The number of methoxy groups -OCH3 is 2. The van der Waals surface area contributed by atoms with E-state index < -0.39 is 48.4 Å². The summed E-state index contributed by atoms with van der Waals surface area (Å²) in [4.78, 5) is 30.9. The van der Waals surface area contributed by atoms with Crippen LogP contribution in [0.1, 0.15) is 64.8 Å². The Kier molecular flexibility index (Phi) is 10.1. The van der Waals surface area contributed by atoms with Crippen LogP contribution in [0.25, 0.3) is 11.1 Å². The number of esters is 1. The Morgan fingerprint density at radius 1 is 0.893 bits per heavy atom. The fraction of sp³-hybridized carbons (Fsp3) is 0.356. The molecule has 1 amide bonds. The van der Waals surface area contributed by atoms with Crippen LogP contribution in [0, 0.1) is 24.2 Å². The number of carbonyl (C=O) groups excluding carboxylic acids is 2. The van der Waals surface area contributed by atoms with E-state index in [0.717, 1.165) is 27.8 Å². The minimum absolute atomic E-state index is 0.0517. The number of nitriles is 1. The molecule has 1 aliphatic carbocycles. The Balaban J connectivity index is 1.21. The van der Waals surface area contributed by atoms with Crippen LogP contribution in [-0.4, -0.2) is 78.6 Å². The van der Waals surface area contributed by atoms with Crippen LogP contribution in [0.3, 0.4) is 0 Å². The maximum Gasteiger partial charge on any atom is 0.410 e. The molecule has 0 saturated carbocycles. The molecule has 4 aromatic carbocycles. The normalized spacial score (nSPS) is 24.6. The van der Waals surface area contributed by atoms with Crippen molar-refractivity contribution in [2.45, 2.75) is 69.1 Å². The molecule has 3 heterocycles. The van der Waals surface area contributed by atoms with Gasteiger partial charge < -0.3 is 28.8 Å². The molecule has 2 fully saturated rings. The molecule has 7 atom stereocenters. The van der Waals surface area contributed by atoms with Gasteiger partial charge in [0.1, 0.15) is 24.5 Å². The van der Waals surface area contributed by atoms with Crippen LogP contribution in [0.2, 0.25) is 0 Å². The van der Waals surface area contributed by atoms with Crippen molar-refractivity contribution in [3.63, 3.8) is 0 Å². The third-order valence-corrected chi connectivity index (χ3v) is 12.0. The van der Waals surface area contributed by atoms with Crippen LogP contribution in [0.5, 0.6) is 17.2 Å². The zero-order valence-corrected chi connectivity index (χ0v) is 31.9. The first-order valence-electron chi connectivity index (χ1n) is 18.9. The summed E-state index contributed by atoms with van der Waals surface area (Å²) in [7, 11) is 2.98. The average Bonchev–Trinajstić information content (AvgIpc) is 3.70. The van der Waals surface area contributed by atoms with E-state index in [1.807, 2.05) is 59.5 Å². The second-order valence-corrected chi connectivity index (χ2v) is 14.8. The molecule has 0 spiro atoms. The smallest absolute Gasteiger partial charge is 0.410 e. The van der Waals surface area contributed by atoms with Crippen LogP contribution in [0.4, 0.5) is 4.79 Å². The average molecular weight is 756 g/mol. The van der Waals surface area contributed by atoms with Crippen molar-refractivity contribution in [2.24, 2.45) is 5.92 Å². The van der Waals surface area contributed by atoms with Crippen LogP contribution in [0.15, 0.2) is 91.5 Å². The van der Waals surface area contributed by atoms with Gasteiger partial charge >= 0.3 is 12.1 Å². The van der Waals surface area contributed by atoms with E-state index in [4.69, 9.17) is 23.7 Å². The highest BCUT2D eigenvalue weighted by Crippen LogP contribution is 2.59. The summed E-state index contributed by atoms with van der Waals surface area (Å²) < 4.78 is 30.4. The lowest BCUT2D eigenvalue weighted by molar-refractivity contribution is -0.132. The molecule has 2 bridgehead atoms. The van der Waals surface area contributed by atoms with E-state index in [1.54, 1.807) is 17.9 Å². The minimum atomic E-state index is -1.31. The maximum atomic E-state index is 14.6. The van der Waals surface area contributed by atoms with Gasteiger partial charge in [0.2, 0.25) is 0 Å². The zero-order chi connectivity index (χ0) is 39.2. The van der Waals surface area contributed by atoms with Crippen molar-refractivity contribution in [3.8, 4) is 34.4 Å². The van der Waals surface area contributed by atoms with Crippen molar-refractivity contribution < 1.29 is 38.4 Å². The third kappa shape index (κ3) is 5.91. The lowest BCUT2D eigenvalue weighted by Gasteiger charge is -2.56. The summed E-state index contributed by atoms with van der Waals surface area (Å²) in [5, 5.41) is 23.8. The Morgan fingerprint density at radius 3 is 2.14 bits per heavy atom. The number of nitrogens with zero attached hydrogens (tertiary/aromatic N) is 3. The number of amides is 1. The number of piperazine rings is 1. The van der Waals surface area contributed by atoms with Gasteiger partial charge in [0.15, 0.2) is 11.5 Å². The molecule has 1 N–H and O–H groups in total. The lowest BCUT2D eigenvalue weighted by Crippen LogP contribution is -2.69. The molecule has 7 unspecified atom stereocenters. The van der Waals surface area contributed by atoms with Crippen molar-refractivity contribution in [1.29, 1.82) is 5.26 Å². The Bertz CT molecular complexity index is 2170. The predicted octanol–water partition coefficient (Wildman–Crippen LogP) is 7.01.